The topological polar surface area (TPSA) is 58.1 Å². The Balaban J connectivity index is 0.00000363. The largest absolute Gasteiger partial charge is 0.497 e. The molecule has 0 radical (unpaired) electrons. The third-order valence-electron chi connectivity index (χ3n) is 5.75. The maximum absolute atomic E-state index is 5.25. The zero-order chi connectivity index (χ0) is 21.9. The van der Waals surface area contributed by atoms with Crippen LogP contribution in [0.4, 0.5) is 0 Å². The van der Waals surface area contributed by atoms with Gasteiger partial charge in [-0.25, -0.2) is 4.99 Å². The number of nitrogens with zero attached hydrogens (tertiary/aromatic N) is 2. The predicted molar refractivity (Wildman–Crippen MR) is 142 cm³/mol. The van der Waals surface area contributed by atoms with Crippen molar-refractivity contribution in [3.8, 4) is 11.5 Å². The zero-order valence-electron chi connectivity index (χ0n) is 19.5. The average Bonchev–Trinajstić information content (AvgIpc) is 2.82. The van der Waals surface area contributed by atoms with Crippen LogP contribution in [0.5, 0.6) is 11.5 Å². The number of guanidine groups is 1. The Bertz CT molecular complexity index is 804. The van der Waals surface area contributed by atoms with Crippen LogP contribution in [-0.2, 0) is 13.1 Å². The van der Waals surface area contributed by atoms with E-state index in [2.05, 4.69) is 46.7 Å². The monoisotopic (exact) mass is 552 g/mol. The zero-order valence-corrected chi connectivity index (χ0v) is 21.8. The summed E-state index contributed by atoms with van der Waals surface area (Å²) in [6.07, 6.45) is 2.42. The minimum absolute atomic E-state index is 0. The molecule has 1 saturated heterocycles. The van der Waals surface area contributed by atoms with Gasteiger partial charge >= 0.3 is 0 Å². The number of halogens is 1. The van der Waals surface area contributed by atoms with Crippen LogP contribution in [0.3, 0.4) is 0 Å². The van der Waals surface area contributed by atoms with E-state index in [1.165, 1.54) is 24.0 Å². The van der Waals surface area contributed by atoms with Crippen molar-refractivity contribution in [2.45, 2.75) is 32.9 Å². The number of nitrogens with one attached hydrogen (secondary N) is 2. The van der Waals surface area contributed by atoms with Gasteiger partial charge in [-0.3, -0.25) is 4.90 Å². The van der Waals surface area contributed by atoms with E-state index in [9.17, 15) is 0 Å². The molecule has 0 bridgehead atoms. The van der Waals surface area contributed by atoms with E-state index < -0.39 is 0 Å². The lowest BCUT2D eigenvalue weighted by molar-refractivity contribution is 0.178. The third kappa shape index (κ3) is 8.50. The van der Waals surface area contributed by atoms with Gasteiger partial charge in [-0.1, -0.05) is 24.3 Å². The molecule has 0 saturated carbocycles. The standard InChI is InChI=1S/C25H36N4O2.HI/c1-4-26-25(27-17-20-5-9-23(30-2)10-6-20)28-18-21-13-15-29(16-14-21)19-22-7-11-24(31-3)12-8-22;/h5-12,21H,4,13-19H2,1-3H3,(H2,26,27,28);1H. The Hall–Kier alpha value is -2.00. The van der Waals surface area contributed by atoms with E-state index in [0.717, 1.165) is 50.2 Å². The first-order valence-corrected chi connectivity index (χ1v) is 11.2. The minimum atomic E-state index is 0. The van der Waals surface area contributed by atoms with Gasteiger partial charge in [0.15, 0.2) is 5.96 Å². The SMILES string of the molecule is CCNC(=NCc1ccc(OC)cc1)NCC1CCN(Cc2ccc(OC)cc2)CC1.I. The van der Waals surface area contributed by atoms with E-state index >= 15 is 0 Å². The molecule has 0 atom stereocenters. The van der Waals surface area contributed by atoms with Gasteiger partial charge in [0.05, 0.1) is 20.8 Å². The second-order valence-corrected chi connectivity index (χ2v) is 7.99. The molecule has 1 aliphatic rings. The molecular formula is C25H37IN4O2. The van der Waals surface area contributed by atoms with Crippen molar-refractivity contribution in [2.75, 3.05) is 40.4 Å². The fourth-order valence-electron chi connectivity index (χ4n) is 3.82. The molecule has 1 heterocycles. The number of hydrogen-bond donors (Lipinski definition) is 2. The molecule has 0 spiro atoms. The normalized spacial score (nSPS) is 15.0. The van der Waals surface area contributed by atoms with Crippen molar-refractivity contribution >= 4 is 29.9 Å². The Labute approximate surface area is 209 Å². The van der Waals surface area contributed by atoms with Gasteiger partial charge in [-0.2, -0.15) is 0 Å². The van der Waals surface area contributed by atoms with Crippen molar-refractivity contribution in [1.29, 1.82) is 0 Å². The van der Waals surface area contributed by atoms with Crippen LogP contribution in [0, 0.1) is 5.92 Å². The number of aliphatic imine (C=N–C) groups is 1. The molecule has 1 aliphatic heterocycles. The smallest absolute Gasteiger partial charge is 0.191 e. The van der Waals surface area contributed by atoms with Crippen molar-refractivity contribution in [3.63, 3.8) is 0 Å². The summed E-state index contributed by atoms with van der Waals surface area (Å²) in [5.74, 6) is 3.35. The summed E-state index contributed by atoms with van der Waals surface area (Å²) in [5, 5.41) is 6.90. The lowest BCUT2D eigenvalue weighted by atomic mass is 9.96. The first kappa shape index (κ1) is 26.3. The lowest BCUT2D eigenvalue weighted by Gasteiger charge is -2.32. The second-order valence-electron chi connectivity index (χ2n) is 7.99. The molecule has 7 heteroatoms. The summed E-state index contributed by atoms with van der Waals surface area (Å²) in [4.78, 5) is 7.28. The second kappa shape index (κ2) is 14.2. The highest BCUT2D eigenvalue weighted by Crippen LogP contribution is 2.20. The van der Waals surface area contributed by atoms with Gasteiger partial charge in [0.25, 0.3) is 0 Å². The summed E-state index contributed by atoms with van der Waals surface area (Å²) in [6, 6.07) is 16.5. The van der Waals surface area contributed by atoms with E-state index in [4.69, 9.17) is 14.5 Å². The van der Waals surface area contributed by atoms with Gasteiger partial charge in [-0.15, -0.1) is 24.0 Å². The van der Waals surface area contributed by atoms with Crippen molar-refractivity contribution < 1.29 is 9.47 Å². The highest BCUT2D eigenvalue weighted by atomic mass is 127. The number of piperidine rings is 1. The maximum atomic E-state index is 5.25. The van der Waals surface area contributed by atoms with Crippen molar-refractivity contribution in [1.82, 2.24) is 15.5 Å². The first-order valence-electron chi connectivity index (χ1n) is 11.2. The maximum Gasteiger partial charge on any atom is 0.191 e. The lowest BCUT2D eigenvalue weighted by Crippen LogP contribution is -2.42. The highest BCUT2D eigenvalue weighted by molar-refractivity contribution is 14.0. The van der Waals surface area contributed by atoms with E-state index in [1.807, 2.05) is 24.3 Å². The predicted octanol–water partition coefficient (Wildman–Crippen LogP) is 4.29. The van der Waals surface area contributed by atoms with Gasteiger partial charge in [0, 0.05) is 19.6 Å². The molecule has 1 fully saturated rings. The van der Waals surface area contributed by atoms with Gasteiger partial charge in [0.2, 0.25) is 0 Å². The van der Waals surface area contributed by atoms with Crippen LogP contribution >= 0.6 is 24.0 Å². The molecule has 2 aromatic rings. The summed E-state index contributed by atoms with van der Waals surface area (Å²) in [6.45, 7) is 7.85. The summed E-state index contributed by atoms with van der Waals surface area (Å²) in [7, 11) is 3.39. The summed E-state index contributed by atoms with van der Waals surface area (Å²) >= 11 is 0. The van der Waals surface area contributed by atoms with Gasteiger partial charge in [-0.05, 0) is 74.2 Å². The number of likely N-dealkylation sites (tertiary alicyclic amines) is 1. The van der Waals surface area contributed by atoms with Crippen LogP contribution < -0.4 is 20.1 Å². The molecule has 0 amide bonds. The average molecular weight is 553 g/mol. The highest BCUT2D eigenvalue weighted by Gasteiger charge is 2.19. The molecule has 0 aliphatic carbocycles. The molecule has 2 N–H and O–H groups in total. The quantitative estimate of drug-likeness (QED) is 0.276. The fraction of sp³-hybridized carbons (Fsp3) is 0.480. The number of ether oxygens (including phenoxy) is 2. The van der Waals surface area contributed by atoms with Crippen LogP contribution in [0.1, 0.15) is 30.9 Å². The molecule has 0 unspecified atom stereocenters. The third-order valence-corrected chi connectivity index (χ3v) is 5.75. The van der Waals surface area contributed by atoms with E-state index in [0.29, 0.717) is 12.5 Å². The molecule has 2 aromatic carbocycles. The number of benzene rings is 2. The Kier molecular flexibility index (Phi) is 11.7. The molecule has 3 rings (SSSR count). The van der Waals surface area contributed by atoms with E-state index in [-0.39, 0.29) is 24.0 Å². The van der Waals surface area contributed by atoms with Crippen LogP contribution in [0.25, 0.3) is 0 Å². The Morgan fingerprint density at radius 1 is 0.906 bits per heavy atom. The Morgan fingerprint density at radius 2 is 1.47 bits per heavy atom. The Morgan fingerprint density at radius 3 is 2.00 bits per heavy atom. The van der Waals surface area contributed by atoms with Crippen LogP contribution in [0.2, 0.25) is 0 Å². The number of methoxy groups -OCH3 is 2. The van der Waals surface area contributed by atoms with Crippen molar-refractivity contribution in [3.05, 3.63) is 59.7 Å². The number of rotatable bonds is 9. The van der Waals surface area contributed by atoms with E-state index in [1.54, 1.807) is 14.2 Å². The van der Waals surface area contributed by atoms with Crippen LogP contribution in [-0.4, -0.2) is 51.3 Å². The minimum Gasteiger partial charge on any atom is -0.497 e. The summed E-state index contributed by atoms with van der Waals surface area (Å²) < 4.78 is 10.5. The van der Waals surface area contributed by atoms with Crippen LogP contribution in [0.15, 0.2) is 53.5 Å². The number of hydrogen-bond acceptors (Lipinski definition) is 4. The van der Waals surface area contributed by atoms with Gasteiger partial charge in [0.1, 0.15) is 11.5 Å². The molecule has 6 nitrogen and oxygen atoms in total. The molecular weight excluding hydrogens is 515 g/mol. The first-order chi connectivity index (χ1) is 15.2. The van der Waals surface area contributed by atoms with Crippen molar-refractivity contribution in [2.24, 2.45) is 10.9 Å². The van der Waals surface area contributed by atoms with Gasteiger partial charge < -0.3 is 20.1 Å². The molecule has 32 heavy (non-hydrogen) atoms. The molecule has 176 valence electrons. The fourth-order valence-corrected chi connectivity index (χ4v) is 3.82. The molecule has 0 aromatic heterocycles. The summed E-state index contributed by atoms with van der Waals surface area (Å²) in [5.41, 5.74) is 2.52.